The van der Waals surface area contributed by atoms with Crippen LogP contribution in [-0.2, 0) is 11.0 Å². The average molecular weight is 414 g/mol. The summed E-state index contributed by atoms with van der Waals surface area (Å²) in [4.78, 5) is 24.5. The standard InChI is InChI=1S/C19H18F3N3O2.ClH/c20-19(21,22)13-5-2-7-15(11-13)24-17(26)12-4-1-6-14(10-12)25-18(27)16-8-3-9-23-16;/h1-2,4-7,10-11,16,23H,3,8-9H2,(H,24,26)(H,25,27);1H. The van der Waals surface area contributed by atoms with Crippen molar-refractivity contribution in [1.29, 1.82) is 0 Å². The number of nitrogens with one attached hydrogen (secondary N) is 3. The second-order valence-corrected chi connectivity index (χ2v) is 6.25. The first-order valence-corrected chi connectivity index (χ1v) is 8.46. The minimum Gasteiger partial charge on any atom is -0.325 e. The van der Waals surface area contributed by atoms with Crippen molar-refractivity contribution in [2.75, 3.05) is 17.2 Å². The predicted octanol–water partition coefficient (Wildman–Crippen LogP) is 4.07. The van der Waals surface area contributed by atoms with E-state index < -0.39 is 17.6 Å². The Kier molecular flexibility index (Phi) is 7.04. The second-order valence-electron chi connectivity index (χ2n) is 6.25. The summed E-state index contributed by atoms with van der Waals surface area (Å²) < 4.78 is 38.3. The van der Waals surface area contributed by atoms with Crippen LogP contribution in [0, 0.1) is 0 Å². The highest BCUT2D eigenvalue weighted by atomic mass is 35.5. The van der Waals surface area contributed by atoms with E-state index in [1.54, 1.807) is 12.1 Å². The predicted molar refractivity (Wildman–Crippen MR) is 103 cm³/mol. The SMILES string of the molecule is Cl.O=C(Nc1cccc(C(F)(F)F)c1)c1cccc(NC(=O)C2CCCN2)c1. The summed E-state index contributed by atoms with van der Waals surface area (Å²) in [5, 5.41) is 8.27. The molecule has 3 rings (SSSR count). The quantitative estimate of drug-likeness (QED) is 0.707. The molecule has 9 heteroatoms. The molecular weight excluding hydrogens is 395 g/mol. The number of benzene rings is 2. The van der Waals surface area contributed by atoms with Gasteiger partial charge in [0.25, 0.3) is 5.91 Å². The molecule has 1 atom stereocenters. The molecule has 28 heavy (non-hydrogen) atoms. The van der Waals surface area contributed by atoms with Crippen molar-refractivity contribution >= 4 is 35.6 Å². The van der Waals surface area contributed by atoms with E-state index in [1.165, 1.54) is 24.3 Å². The number of carbonyl (C=O) groups is 2. The molecule has 3 N–H and O–H groups in total. The van der Waals surface area contributed by atoms with Crippen LogP contribution < -0.4 is 16.0 Å². The van der Waals surface area contributed by atoms with Gasteiger partial charge < -0.3 is 16.0 Å². The van der Waals surface area contributed by atoms with E-state index in [0.717, 1.165) is 31.5 Å². The summed E-state index contributed by atoms with van der Waals surface area (Å²) in [5.74, 6) is -0.743. The lowest BCUT2D eigenvalue weighted by Gasteiger charge is -2.12. The normalized spacial score (nSPS) is 16.2. The molecule has 0 bridgehead atoms. The largest absolute Gasteiger partial charge is 0.416 e. The average Bonchev–Trinajstić information content (AvgIpc) is 3.16. The third-order valence-electron chi connectivity index (χ3n) is 4.22. The molecule has 5 nitrogen and oxygen atoms in total. The highest BCUT2D eigenvalue weighted by Crippen LogP contribution is 2.30. The van der Waals surface area contributed by atoms with Crippen molar-refractivity contribution in [3.05, 3.63) is 59.7 Å². The van der Waals surface area contributed by atoms with Crippen LogP contribution in [0.3, 0.4) is 0 Å². The molecule has 0 saturated carbocycles. The Morgan fingerprint density at radius 3 is 2.32 bits per heavy atom. The highest BCUT2D eigenvalue weighted by molar-refractivity contribution is 6.05. The lowest BCUT2D eigenvalue weighted by atomic mass is 10.1. The number of halogens is 4. The number of alkyl halides is 3. The Morgan fingerprint density at radius 1 is 1.00 bits per heavy atom. The van der Waals surface area contributed by atoms with Crippen molar-refractivity contribution in [2.45, 2.75) is 25.1 Å². The fraction of sp³-hybridized carbons (Fsp3) is 0.263. The zero-order valence-electron chi connectivity index (χ0n) is 14.7. The van der Waals surface area contributed by atoms with E-state index in [1.807, 2.05) is 0 Å². The molecule has 1 unspecified atom stereocenters. The lowest BCUT2D eigenvalue weighted by Crippen LogP contribution is -2.35. The van der Waals surface area contributed by atoms with Crippen LogP contribution in [0.15, 0.2) is 48.5 Å². The van der Waals surface area contributed by atoms with Crippen LogP contribution in [0.1, 0.15) is 28.8 Å². The molecule has 1 aliphatic rings. The highest BCUT2D eigenvalue weighted by Gasteiger charge is 2.30. The minimum absolute atomic E-state index is 0. The number of carbonyl (C=O) groups excluding carboxylic acids is 2. The fourth-order valence-electron chi connectivity index (χ4n) is 2.85. The van der Waals surface area contributed by atoms with Gasteiger partial charge in [0.1, 0.15) is 0 Å². The molecule has 1 heterocycles. The molecule has 2 aromatic rings. The molecule has 1 aliphatic heterocycles. The van der Waals surface area contributed by atoms with Gasteiger partial charge in [-0.15, -0.1) is 12.4 Å². The van der Waals surface area contributed by atoms with Gasteiger partial charge in [0.15, 0.2) is 0 Å². The van der Waals surface area contributed by atoms with Crippen LogP contribution in [0.4, 0.5) is 24.5 Å². The summed E-state index contributed by atoms with van der Waals surface area (Å²) in [5.41, 5.74) is -0.125. The van der Waals surface area contributed by atoms with Crippen molar-refractivity contribution in [1.82, 2.24) is 5.32 Å². The first-order chi connectivity index (χ1) is 12.8. The Labute approximate surface area is 166 Å². The molecule has 1 fully saturated rings. The van der Waals surface area contributed by atoms with E-state index in [0.29, 0.717) is 5.69 Å². The monoisotopic (exact) mass is 413 g/mol. The van der Waals surface area contributed by atoms with Gasteiger partial charge in [0.2, 0.25) is 5.91 Å². The van der Waals surface area contributed by atoms with Crippen LogP contribution >= 0.6 is 12.4 Å². The van der Waals surface area contributed by atoms with Gasteiger partial charge in [-0.05, 0) is 55.8 Å². The van der Waals surface area contributed by atoms with Crippen molar-refractivity contribution in [2.24, 2.45) is 0 Å². The zero-order chi connectivity index (χ0) is 19.4. The van der Waals surface area contributed by atoms with E-state index in [2.05, 4.69) is 16.0 Å². The Balaban J connectivity index is 0.00000280. The lowest BCUT2D eigenvalue weighted by molar-refractivity contribution is -0.137. The van der Waals surface area contributed by atoms with Crippen molar-refractivity contribution in [3.63, 3.8) is 0 Å². The number of rotatable bonds is 4. The molecule has 0 aromatic heterocycles. The molecule has 1 saturated heterocycles. The van der Waals surface area contributed by atoms with E-state index in [-0.39, 0.29) is 35.6 Å². The minimum atomic E-state index is -4.49. The molecule has 0 aliphatic carbocycles. The van der Waals surface area contributed by atoms with Gasteiger partial charge in [-0.2, -0.15) is 13.2 Å². The van der Waals surface area contributed by atoms with Crippen LogP contribution in [0.5, 0.6) is 0 Å². The van der Waals surface area contributed by atoms with Gasteiger partial charge in [-0.1, -0.05) is 12.1 Å². The maximum atomic E-state index is 12.8. The number of amides is 2. The van der Waals surface area contributed by atoms with Gasteiger partial charge in [-0.25, -0.2) is 0 Å². The maximum Gasteiger partial charge on any atom is 0.416 e. The first-order valence-electron chi connectivity index (χ1n) is 8.46. The molecule has 150 valence electrons. The topological polar surface area (TPSA) is 70.2 Å². The molecule has 0 radical (unpaired) electrons. The summed E-state index contributed by atoms with van der Waals surface area (Å²) in [6.07, 6.45) is -2.81. The fourth-order valence-corrected chi connectivity index (χ4v) is 2.85. The van der Waals surface area contributed by atoms with Crippen LogP contribution in [-0.4, -0.2) is 24.4 Å². The Hall–Kier alpha value is -2.58. The van der Waals surface area contributed by atoms with Crippen molar-refractivity contribution < 1.29 is 22.8 Å². The number of hydrogen-bond donors (Lipinski definition) is 3. The summed E-state index contributed by atoms with van der Waals surface area (Å²) in [6, 6.07) is 10.4. The second kappa shape index (κ2) is 9.07. The molecule has 0 spiro atoms. The number of hydrogen-bond acceptors (Lipinski definition) is 3. The van der Waals surface area contributed by atoms with Gasteiger partial charge >= 0.3 is 6.18 Å². The van der Waals surface area contributed by atoms with Crippen LogP contribution in [0.25, 0.3) is 0 Å². The van der Waals surface area contributed by atoms with Crippen molar-refractivity contribution in [3.8, 4) is 0 Å². The smallest absolute Gasteiger partial charge is 0.325 e. The van der Waals surface area contributed by atoms with Gasteiger partial charge in [-0.3, -0.25) is 9.59 Å². The Morgan fingerprint density at radius 2 is 1.68 bits per heavy atom. The third-order valence-corrected chi connectivity index (χ3v) is 4.22. The van der Waals surface area contributed by atoms with Gasteiger partial charge in [0.05, 0.1) is 11.6 Å². The van der Waals surface area contributed by atoms with Gasteiger partial charge in [0, 0.05) is 16.9 Å². The maximum absolute atomic E-state index is 12.8. The third kappa shape index (κ3) is 5.46. The molecule has 2 amide bonds. The summed E-state index contributed by atoms with van der Waals surface area (Å²) >= 11 is 0. The van der Waals surface area contributed by atoms with E-state index in [4.69, 9.17) is 0 Å². The van der Waals surface area contributed by atoms with E-state index in [9.17, 15) is 22.8 Å². The first kappa shape index (κ1) is 21.7. The zero-order valence-corrected chi connectivity index (χ0v) is 15.5. The van der Waals surface area contributed by atoms with Crippen LogP contribution in [0.2, 0.25) is 0 Å². The molecular formula is C19H19ClF3N3O2. The molecule has 2 aromatic carbocycles. The summed E-state index contributed by atoms with van der Waals surface area (Å²) in [6.45, 7) is 0.789. The Bertz CT molecular complexity index is 852. The van der Waals surface area contributed by atoms with E-state index >= 15 is 0 Å². The summed E-state index contributed by atoms with van der Waals surface area (Å²) in [7, 11) is 0. The number of anilines is 2.